The van der Waals surface area contributed by atoms with Crippen LogP contribution in [0.25, 0.3) is 0 Å². The minimum Gasteiger partial charge on any atom is -0.497 e. The summed E-state index contributed by atoms with van der Waals surface area (Å²) in [5.74, 6) is 1.38. The first kappa shape index (κ1) is 13.3. The Morgan fingerprint density at radius 3 is 3.00 bits per heavy atom. The maximum absolute atomic E-state index is 11.5. The van der Waals surface area contributed by atoms with Gasteiger partial charge in [-0.2, -0.15) is 0 Å². The summed E-state index contributed by atoms with van der Waals surface area (Å²) in [6.07, 6.45) is 2.12. The zero-order valence-electron chi connectivity index (χ0n) is 10.8. The second kappa shape index (κ2) is 6.14. The molecule has 4 heteroatoms. The number of hydrogen-bond acceptors (Lipinski definition) is 3. The molecule has 0 radical (unpaired) electrons. The van der Waals surface area contributed by atoms with Gasteiger partial charge < -0.3 is 10.1 Å². The zero-order chi connectivity index (χ0) is 13.0. The van der Waals surface area contributed by atoms with Crippen LogP contribution in [0, 0.1) is 5.92 Å². The van der Waals surface area contributed by atoms with Crippen LogP contribution in [0.4, 0.5) is 0 Å². The highest BCUT2D eigenvalue weighted by molar-refractivity contribution is 8.00. The number of carbonyl (C=O) groups excluding carboxylic acids is 1. The third-order valence-electron chi connectivity index (χ3n) is 2.89. The van der Waals surface area contributed by atoms with Gasteiger partial charge in [0.1, 0.15) is 5.75 Å². The van der Waals surface area contributed by atoms with Crippen molar-refractivity contribution in [2.45, 2.75) is 29.9 Å². The Labute approximate surface area is 112 Å². The van der Waals surface area contributed by atoms with Crippen molar-refractivity contribution in [3.63, 3.8) is 0 Å². The molecule has 0 saturated heterocycles. The highest BCUT2D eigenvalue weighted by Gasteiger charge is 2.29. The third-order valence-corrected chi connectivity index (χ3v) is 3.99. The van der Waals surface area contributed by atoms with Crippen LogP contribution in [-0.2, 0) is 4.79 Å². The van der Waals surface area contributed by atoms with E-state index in [0.717, 1.165) is 25.1 Å². The van der Waals surface area contributed by atoms with Crippen molar-refractivity contribution in [1.29, 1.82) is 0 Å². The van der Waals surface area contributed by atoms with Crippen LogP contribution in [0.15, 0.2) is 29.2 Å². The number of benzene rings is 1. The summed E-state index contributed by atoms with van der Waals surface area (Å²) in [5.41, 5.74) is 0. The summed E-state index contributed by atoms with van der Waals surface area (Å²) in [6.45, 7) is 2.84. The Kier molecular flexibility index (Phi) is 4.53. The average molecular weight is 265 g/mol. The van der Waals surface area contributed by atoms with Gasteiger partial charge in [0.05, 0.1) is 7.11 Å². The van der Waals surface area contributed by atoms with Crippen molar-refractivity contribution in [1.82, 2.24) is 5.32 Å². The Morgan fingerprint density at radius 2 is 2.33 bits per heavy atom. The lowest BCUT2D eigenvalue weighted by molar-refractivity contribution is -0.122. The molecule has 1 atom stereocenters. The smallest absolute Gasteiger partial charge is 0.223 e. The second-order valence-electron chi connectivity index (χ2n) is 4.63. The van der Waals surface area contributed by atoms with Crippen LogP contribution in [0.2, 0.25) is 0 Å². The van der Waals surface area contributed by atoms with E-state index < -0.39 is 0 Å². The zero-order valence-corrected chi connectivity index (χ0v) is 11.6. The van der Waals surface area contributed by atoms with E-state index in [4.69, 9.17) is 4.74 Å². The molecule has 0 heterocycles. The molecule has 1 aliphatic rings. The lowest BCUT2D eigenvalue weighted by Gasteiger charge is -2.12. The summed E-state index contributed by atoms with van der Waals surface area (Å²) < 4.78 is 5.19. The first-order valence-corrected chi connectivity index (χ1v) is 7.15. The molecule has 1 saturated carbocycles. The van der Waals surface area contributed by atoms with Crippen molar-refractivity contribution in [3.05, 3.63) is 24.3 Å². The molecule has 1 unspecified atom stereocenters. The molecule has 1 N–H and O–H groups in total. The number of carbonyl (C=O) groups is 1. The number of amides is 1. The monoisotopic (exact) mass is 265 g/mol. The molecular formula is C14H19NO2S. The van der Waals surface area contributed by atoms with E-state index in [1.165, 1.54) is 4.90 Å². The normalized spacial score (nSPS) is 16.1. The van der Waals surface area contributed by atoms with Gasteiger partial charge in [-0.1, -0.05) is 13.0 Å². The van der Waals surface area contributed by atoms with Crippen molar-refractivity contribution >= 4 is 17.7 Å². The third kappa shape index (κ3) is 3.95. The highest BCUT2D eigenvalue weighted by atomic mass is 32.2. The molecule has 1 aromatic carbocycles. The van der Waals surface area contributed by atoms with Crippen molar-refractivity contribution < 1.29 is 9.53 Å². The summed E-state index contributed by atoms with van der Waals surface area (Å²) in [4.78, 5) is 12.7. The standard InChI is InChI=1S/C14H19NO2S/c1-10(9-15-14(16)11-6-7-11)18-13-5-3-4-12(8-13)17-2/h3-5,8,10-11H,6-7,9H2,1-2H3,(H,15,16). The molecule has 1 amide bonds. The van der Waals surface area contributed by atoms with Crippen LogP contribution in [0.3, 0.4) is 0 Å². The topological polar surface area (TPSA) is 38.3 Å². The summed E-state index contributed by atoms with van der Waals surface area (Å²) in [7, 11) is 1.67. The van der Waals surface area contributed by atoms with Crippen molar-refractivity contribution in [2.75, 3.05) is 13.7 Å². The first-order chi connectivity index (χ1) is 8.69. The lowest BCUT2D eigenvalue weighted by Crippen LogP contribution is -2.30. The van der Waals surface area contributed by atoms with Crippen LogP contribution >= 0.6 is 11.8 Å². The molecule has 0 bridgehead atoms. The number of methoxy groups -OCH3 is 1. The molecule has 1 aliphatic carbocycles. The van der Waals surface area contributed by atoms with E-state index in [2.05, 4.69) is 18.3 Å². The summed E-state index contributed by atoms with van der Waals surface area (Å²) in [6, 6.07) is 8.00. The summed E-state index contributed by atoms with van der Waals surface area (Å²) in [5, 5.41) is 3.36. The van der Waals surface area contributed by atoms with Crippen molar-refractivity contribution in [2.24, 2.45) is 5.92 Å². The summed E-state index contributed by atoms with van der Waals surface area (Å²) >= 11 is 1.75. The molecule has 1 aromatic rings. The molecule has 0 aromatic heterocycles. The minimum absolute atomic E-state index is 0.216. The van der Waals surface area contributed by atoms with Gasteiger partial charge in [-0.15, -0.1) is 11.8 Å². The van der Waals surface area contributed by atoms with E-state index in [9.17, 15) is 4.79 Å². The molecule has 2 rings (SSSR count). The Balaban J connectivity index is 1.78. The average Bonchev–Trinajstić information content (AvgIpc) is 3.20. The van der Waals surface area contributed by atoms with E-state index in [-0.39, 0.29) is 5.91 Å². The van der Waals surface area contributed by atoms with Crippen LogP contribution in [0.1, 0.15) is 19.8 Å². The number of hydrogen-bond donors (Lipinski definition) is 1. The lowest BCUT2D eigenvalue weighted by atomic mass is 10.3. The molecule has 0 spiro atoms. The molecule has 1 fully saturated rings. The van der Waals surface area contributed by atoms with Crippen LogP contribution < -0.4 is 10.1 Å². The molecule has 18 heavy (non-hydrogen) atoms. The number of ether oxygens (including phenoxy) is 1. The number of rotatable bonds is 6. The van der Waals surface area contributed by atoms with Gasteiger partial charge in [0.2, 0.25) is 5.91 Å². The molecule has 3 nitrogen and oxygen atoms in total. The van der Waals surface area contributed by atoms with E-state index in [0.29, 0.717) is 11.2 Å². The molecule has 0 aliphatic heterocycles. The van der Waals surface area contributed by atoms with E-state index >= 15 is 0 Å². The van der Waals surface area contributed by atoms with Gasteiger partial charge in [0.25, 0.3) is 0 Å². The SMILES string of the molecule is COc1cccc(SC(C)CNC(=O)C2CC2)c1. The Bertz CT molecular complexity index is 418. The fourth-order valence-electron chi connectivity index (χ4n) is 1.68. The predicted molar refractivity (Wildman–Crippen MR) is 74.0 cm³/mol. The van der Waals surface area contributed by atoms with Gasteiger partial charge in [0, 0.05) is 22.6 Å². The minimum atomic E-state index is 0.216. The Hall–Kier alpha value is -1.16. The second-order valence-corrected chi connectivity index (χ2v) is 6.14. The first-order valence-electron chi connectivity index (χ1n) is 6.27. The number of nitrogens with one attached hydrogen (secondary N) is 1. The predicted octanol–water partition coefficient (Wildman–Crippen LogP) is 2.70. The van der Waals surface area contributed by atoms with Gasteiger partial charge >= 0.3 is 0 Å². The fraction of sp³-hybridized carbons (Fsp3) is 0.500. The highest BCUT2D eigenvalue weighted by Crippen LogP contribution is 2.29. The van der Waals surface area contributed by atoms with E-state index in [1.807, 2.05) is 18.2 Å². The maximum atomic E-state index is 11.5. The van der Waals surface area contributed by atoms with Crippen LogP contribution in [0.5, 0.6) is 5.75 Å². The quantitative estimate of drug-likeness (QED) is 0.804. The molecular weight excluding hydrogens is 246 g/mol. The fourth-order valence-corrected chi connectivity index (χ4v) is 2.66. The van der Waals surface area contributed by atoms with E-state index in [1.54, 1.807) is 18.9 Å². The van der Waals surface area contributed by atoms with Gasteiger partial charge in [-0.3, -0.25) is 4.79 Å². The van der Waals surface area contributed by atoms with Gasteiger partial charge in [-0.25, -0.2) is 0 Å². The van der Waals surface area contributed by atoms with Gasteiger partial charge in [-0.05, 0) is 31.0 Å². The van der Waals surface area contributed by atoms with Crippen molar-refractivity contribution in [3.8, 4) is 5.75 Å². The number of thioether (sulfide) groups is 1. The maximum Gasteiger partial charge on any atom is 0.223 e. The van der Waals surface area contributed by atoms with Gasteiger partial charge in [0.15, 0.2) is 0 Å². The molecule has 98 valence electrons. The largest absolute Gasteiger partial charge is 0.497 e. The van der Waals surface area contributed by atoms with Crippen LogP contribution in [-0.4, -0.2) is 24.8 Å². The Morgan fingerprint density at radius 1 is 1.56 bits per heavy atom.